The lowest BCUT2D eigenvalue weighted by Gasteiger charge is -2.17. The molecule has 0 saturated heterocycles. The zero-order chi connectivity index (χ0) is 24.3. The van der Waals surface area contributed by atoms with Crippen molar-refractivity contribution in [1.82, 2.24) is 15.4 Å². The fraction of sp³-hybridized carbons (Fsp3) is 0.391. The van der Waals surface area contributed by atoms with Crippen LogP contribution in [0.25, 0.3) is 0 Å². The Kier molecular flexibility index (Phi) is 10.6. The Balaban J connectivity index is 1.75. The summed E-state index contributed by atoms with van der Waals surface area (Å²) < 4.78 is 37.6. The Bertz CT molecular complexity index is 1010. The minimum absolute atomic E-state index is 0.108. The molecule has 2 aromatic carbocycles. The summed E-state index contributed by atoms with van der Waals surface area (Å²) in [5, 5.41) is 6.77. The summed E-state index contributed by atoms with van der Waals surface area (Å²) in [7, 11) is -0.967. The second kappa shape index (κ2) is 13.1. The average Bonchev–Trinajstić information content (AvgIpc) is 2.81. The van der Waals surface area contributed by atoms with E-state index in [4.69, 9.17) is 21.7 Å². The van der Waals surface area contributed by atoms with Gasteiger partial charge in [-0.05, 0) is 68.2 Å². The summed E-state index contributed by atoms with van der Waals surface area (Å²) in [6, 6.07) is 13.2. The Morgan fingerprint density at radius 3 is 2.27 bits per heavy atom. The molecule has 0 radical (unpaired) electrons. The molecule has 0 fully saturated rings. The van der Waals surface area contributed by atoms with Crippen molar-refractivity contribution < 1.29 is 22.7 Å². The number of unbranched alkanes of at least 4 members (excludes halogenated alkanes) is 1. The number of ether oxygens (including phenoxy) is 2. The maximum Gasteiger partial charge on any atom is 0.323 e. The molecule has 2 rings (SSSR count). The molecule has 10 heteroatoms. The number of carbonyl (C=O) groups is 1. The highest BCUT2D eigenvalue weighted by Crippen LogP contribution is 2.13. The van der Waals surface area contributed by atoms with Crippen LogP contribution < -0.4 is 20.1 Å². The van der Waals surface area contributed by atoms with Gasteiger partial charge in [-0.2, -0.15) is 4.72 Å². The molecule has 180 valence electrons. The van der Waals surface area contributed by atoms with Crippen LogP contribution in [0.1, 0.15) is 30.4 Å². The van der Waals surface area contributed by atoms with Crippen LogP contribution >= 0.6 is 12.2 Å². The van der Waals surface area contributed by atoms with Gasteiger partial charge in [0, 0.05) is 13.1 Å². The van der Waals surface area contributed by atoms with Crippen molar-refractivity contribution in [2.75, 3.05) is 20.8 Å². The highest BCUT2D eigenvalue weighted by Gasteiger charge is 2.26. The van der Waals surface area contributed by atoms with Crippen molar-refractivity contribution in [2.45, 2.75) is 43.7 Å². The minimum Gasteiger partial charge on any atom is -0.497 e. The van der Waals surface area contributed by atoms with Crippen LogP contribution in [0.2, 0.25) is 0 Å². The maximum absolute atomic E-state index is 12.6. The van der Waals surface area contributed by atoms with Gasteiger partial charge < -0.3 is 20.1 Å². The summed E-state index contributed by atoms with van der Waals surface area (Å²) in [5.74, 6) is 0.182. The van der Waals surface area contributed by atoms with Gasteiger partial charge in [-0.25, -0.2) is 8.42 Å². The van der Waals surface area contributed by atoms with Gasteiger partial charge >= 0.3 is 5.97 Å². The maximum atomic E-state index is 12.6. The van der Waals surface area contributed by atoms with E-state index >= 15 is 0 Å². The van der Waals surface area contributed by atoms with Crippen LogP contribution in [0.5, 0.6) is 5.75 Å². The van der Waals surface area contributed by atoms with E-state index < -0.39 is 22.0 Å². The molecule has 0 heterocycles. The van der Waals surface area contributed by atoms with Gasteiger partial charge in [0.15, 0.2) is 5.11 Å². The smallest absolute Gasteiger partial charge is 0.323 e. The third-order valence-corrected chi connectivity index (χ3v) is 6.71. The Hall–Kier alpha value is -2.69. The first-order valence-corrected chi connectivity index (χ1v) is 12.5. The van der Waals surface area contributed by atoms with Gasteiger partial charge in [-0.3, -0.25) is 4.79 Å². The summed E-state index contributed by atoms with van der Waals surface area (Å²) >= 11 is 5.29. The number of rotatable bonds is 12. The van der Waals surface area contributed by atoms with E-state index in [1.807, 2.05) is 31.2 Å². The molecule has 0 aliphatic carbocycles. The van der Waals surface area contributed by atoms with Gasteiger partial charge in [0.05, 0.1) is 19.1 Å². The van der Waals surface area contributed by atoms with Crippen LogP contribution in [0.3, 0.4) is 0 Å². The molecule has 0 saturated carbocycles. The van der Waals surface area contributed by atoms with Crippen LogP contribution in [0.4, 0.5) is 0 Å². The van der Waals surface area contributed by atoms with Gasteiger partial charge in [-0.15, -0.1) is 0 Å². The summed E-state index contributed by atoms with van der Waals surface area (Å²) in [5.41, 5.74) is 2.02. The molecule has 0 amide bonds. The molecule has 0 aliphatic rings. The number of methoxy groups -OCH3 is 2. The number of nitrogens with one attached hydrogen (secondary N) is 3. The van der Waals surface area contributed by atoms with Crippen molar-refractivity contribution in [2.24, 2.45) is 0 Å². The van der Waals surface area contributed by atoms with Gasteiger partial charge in [0.2, 0.25) is 10.0 Å². The lowest BCUT2D eigenvalue weighted by molar-refractivity contribution is -0.142. The van der Waals surface area contributed by atoms with Crippen LogP contribution in [-0.4, -0.2) is 46.3 Å². The molecule has 0 aromatic heterocycles. The molecule has 2 aromatic rings. The number of hydrogen-bond donors (Lipinski definition) is 3. The molecule has 3 N–H and O–H groups in total. The van der Waals surface area contributed by atoms with Crippen molar-refractivity contribution in [3.63, 3.8) is 0 Å². The molecule has 1 unspecified atom stereocenters. The second-order valence-corrected chi connectivity index (χ2v) is 9.59. The number of aryl methyl sites for hydroxylation is 1. The topological polar surface area (TPSA) is 106 Å². The van der Waals surface area contributed by atoms with Crippen LogP contribution in [-0.2, 0) is 26.1 Å². The highest BCUT2D eigenvalue weighted by molar-refractivity contribution is 7.89. The first kappa shape index (κ1) is 26.6. The molecule has 8 nitrogen and oxygen atoms in total. The number of hydrogen-bond acceptors (Lipinski definition) is 6. The van der Waals surface area contributed by atoms with Crippen LogP contribution in [0, 0.1) is 6.92 Å². The number of thiocarbonyl (C=S) groups is 1. The molecule has 1 atom stereocenters. The summed E-state index contributed by atoms with van der Waals surface area (Å²) in [4.78, 5) is 12.2. The fourth-order valence-electron chi connectivity index (χ4n) is 3.00. The fourth-order valence-corrected chi connectivity index (χ4v) is 4.40. The minimum atomic E-state index is -3.83. The highest BCUT2D eigenvalue weighted by atomic mass is 32.2. The molecule has 33 heavy (non-hydrogen) atoms. The number of sulfonamides is 1. The number of esters is 1. The second-order valence-electron chi connectivity index (χ2n) is 7.46. The predicted octanol–water partition coefficient (Wildman–Crippen LogP) is 2.66. The zero-order valence-corrected chi connectivity index (χ0v) is 20.7. The van der Waals surface area contributed by atoms with E-state index in [1.54, 1.807) is 19.2 Å². The first-order chi connectivity index (χ1) is 15.7. The Labute approximate surface area is 201 Å². The monoisotopic (exact) mass is 493 g/mol. The van der Waals surface area contributed by atoms with E-state index in [0.29, 0.717) is 37.5 Å². The lowest BCUT2D eigenvalue weighted by Crippen LogP contribution is -2.41. The first-order valence-electron chi connectivity index (χ1n) is 10.6. The third kappa shape index (κ3) is 8.99. The van der Waals surface area contributed by atoms with Crippen molar-refractivity contribution in [1.29, 1.82) is 0 Å². The van der Waals surface area contributed by atoms with Crippen LogP contribution in [0.15, 0.2) is 53.4 Å². The molecule has 0 spiro atoms. The SMILES string of the molecule is COC(=O)C(CCCCNC(=S)NCc1ccc(OC)cc1)NS(=O)(=O)c1ccc(C)cc1. The predicted molar refractivity (Wildman–Crippen MR) is 132 cm³/mol. The summed E-state index contributed by atoms with van der Waals surface area (Å²) in [6.45, 7) is 3.05. The average molecular weight is 494 g/mol. The molecule has 0 bridgehead atoms. The van der Waals surface area contributed by atoms with E-state index in [0.717, 1.165) is 16.9 Å². The van der Waals surface area contributed by atoms with E-state index in [2.05, 4.69) is 15.4 Å². The van der Waals surface area contributed by atoms with E-state index in [9.17, 15) is 13.2 Å². The van der Waals surface area contributed by atoms with E-state index in [-0.39, 0.29) is 4.90 Å². The normalized spacial score (nSPS) is 12.0. The number of carbonyl (C=O) groups excluding carboxylic acids is 1. The largest absolute Gasteiger partial charge is 0.497 e. The number of benzene rings is 2. The quantitative estimate of drug-likeness (QED) is 0.235. The lowest BCUT2D eigenvalue weighted by atomic mass is 10.1. The summed E-state index contributed by atoms with van der Waals surface area (Å²) in [6.07, 6.45) is 1.61. The van der Waals surface area contributed by atoms with Crippen molar-refractivity contribution >= 4 is 33.3 Å². The van der Waals surface area contributed by atoms with Gasteiger partial charge in [0.25, 0.3) is 0 Å². The molecule has 0 aliphatic heterocycles. The van der Waals surface area contributed by atoms with Crippen molar-refractivity contribution in [3.8, 4) is 5.75 Å². The molecular formula is C23H31N3O5S2. The zero-order valence-electron chi connectivity index (χ0n) is 19.1. The van der Waals surface area contributed by atoms with Crippen molar-refractivity contribution in [3.05, 3.63) is 59.7 Å². The van der Waals surface area contributed by atoms with Gasteiger partial charge in [0.1, 0.15) is 11.8 Å². The molecular weight excluding hydrogens is 462 g/mol. The van der Waals surface area contributed by atoms with E-state index in [1.165, 1.54) is 19.2 Å². The standard InChI is InChI=1S/C23H31N3O5S2/c1-17-7-13-20(14-8-17)33(28,29)26-21(22(27)31-3)6-4-5-15-24-23(32)25-16-18-9-11-19(30-2)12-10-18/h7-14,21,26H,4-6,15-16H2,1-3H3,(H2,24,25,32). The van der Waals surface area contributed by atoms with Gasteiger partial charge in [-0.1, -0.05) is 29.8 Å². The third-order valence-electron chi connectivity index (χ3n) is 4.93. The Morgan fingerprint density at radius 2 is 1.67 bits per heavy atom. The Morgan fingerprint density at radius 1 is 1.00 bits per heavy atom.